The Balaban J connectivity index is 3.07. The molecule has 1 aromatic heterocycles. The number of aryl methyl sites for hydroxylation is 1. The van der Waals surface area contributed by atoms with Gasteiger partial charge in [-0.3, -0.25) is 4.68 Å². The van der Waals surface area contributed by atoms with Gasteiger partial charge in [0.2, 0.25) is 0 Å². The predicted octanol–water partition coefficient (Wildman–Crippen LogP) is 1.55. The molecule has 2 nitrogen and oxygen atoms in total. The quantitative estimate of drug-likeness (QED) is 0.653. The summed E-state index contributed by atoms with van der Waals surface area (Å²) in [6.45, 7) is 2.09. The highest BCUT2D eigenvalue weighted by Gasteiger charge is 2.01. The van der Waals surface area contributed by atoms with E-state index >= 15 is 0 Å². The van der Waals surface area contributed by atoms with Gasteiger partial charge in [0.05, 0.1) is 10.2 Å². The normalized spacial score (nSPS) is 10.1. The van der Waals surface area contributed by atoms with Gasteiger partial charge in [0.1, 0.15) is 6.20 Å². The van der Waals surface area contributed by atoms with Crippen molar-refractivity contribution in [3.63, 3.8) is 0 Å². The molecule has 0 saturated heterocycles. The zero-order chi connectivity index (χ0) is 6.85. The molecule has 0 aliphatic heterocycles. The van der Waals surface area contributed by atoms with E-state index in [9.17, 15) is 0 Å². The van der Waals surface area contributed by atoms with Crippen LogP contribution in [0.5, 0.6) is 0 Å². The van der Waals surface area contributed by atoms with Crippen LogP contribution in [0.4, 0.5) is 0 Å². The Morgan fingerprint density at radius 3 is 2.67 bits per heavy atom. The van der Waals surface area contributed by atoms with E-state index in [2.05, 4.69) is 34.1 Å². The van der Waals surface area contributed by atoms with Crippen LogP contribution in [0.2, 0.25) is 0 Å². The number of hydrogen-bond donors (Lipinski definition) is 0. The largest absolute Gasteiger partial charge is 0.271 e. The molecule has 1 heterocycles. The van der Waals surface area contributed by atoms with Gasteiger partial charge in [0.15, 0.2) is 0 Å². The summed E-state index contributed by atoms with van der Waals surface area (Å²) < 4.78 is 2.80. The summed E-state index contributed by atoms with van der Waals surface area (Å²) in [5, 5.41) is 3.93. The van der Waals surface area contributed by atoms with Crippen molar-refractivity contribution in [3.05, 3.63) is 16.4 Å². The third-order valence-corrected chi connectivity index (χ3v) is 1.91. The Kier molecular flexibility index (Phi) is 1.90. The Bertz CT molecular complexity index is 185. The van der Waals surface area contributed by atoms with Crippen molar-refractivity contribution >= 4 is 15.9 Å². The SMILES string of the molecule is CCc1c(Br)[c]nn1C. The van der Waals surface area contributed by atoms with Gasteiger partial charge < -0.3 is 0 Å². The minimum absolute atomic E-state index is 0.979. The van der Waals surface area contributed by atoms with Crippen LogP contribution in [0.25, 0.3) is 0 Å². The molecular formula is C6H8BrN2. The lowest BCUT2D eigenvalue weighted by Gasteiger charge is -1.95. The van der Waals surface area contributed by atoms with Crippen LogP contribution >= 0.6 is 15.9 Å². The molecule has 0 saturated carbocycles. The summed E-state index contributed by atoms with van der Waals surface area (Å²) in [6.07, 6.45) is 3.81. The second kappa shape index (κ2) is 2.52. The van der Waals surface area contributed by atoms with E-state index in [1.807, 2.05) is 11.7 Å². The zero-order valence-corrected chi connectivity index (χ0v) is 7.07. The number of halogens is 1. The summed E-state index contributed by atoms with van der Waals surface area (Å²) >= 11 is 3.34. The smallest absolute Gasteiger partial charge is 0.128 e. The van der Waals surface area contributed by atoms with Crippen molar-refractivity contribution in [2.75, 3.05) is 0 Å². The van der Waals surface area contributed by atoms with Crippen molar-refractivity contribution in [1.29, 1.82) is 0 Å². The van der Waals surface area contributed by atoms with Crippen molar-refractivity contribution in [3.8, 4) is 0 Å². The Labute approximate surface area is 63.0 Å². The van der Waals surface area contributed by atoms with Gasteiger partial charge in [0, 0.05) is 7.05 Å². The number of aromatic nitrogens is 2. The first-order chi connectivity index (χ1) is 4.25. The summed E-state index contributed by atoms with van der Waals surface area (Å²) in [5.74, 6) is 0. The van der Waals surface area contributed by atoms with Crippen molar-refractivity contribution in [1.82, 2.24) is 9.78 Å². The maximum Gasteiger partial charge on any atom is 0.128 e. The number of rotatable bonds is 1. The lowest BCUT2D eigenvalue weighted by atomic mass is 10.3. The second-order valence-corrected chi connectivity index (χ2v) is 2.64. The highest BCUT2D eigenvalue weighted by Crippen LogP contribution is 2.13. The summed E-state index contributed by atoms with van der Waals surface area (Å²) in [5.41, 5.74) is 1.19. The first kappa shape index (κ1) is 6.81. The van der Waals surface area contributed by atoms with E-state index in [4.69, 9.17) is 0 Å². The van der Waals surface area contributed by atoms with Gasteiger partial charge in [-0.2, -0.15) is 5.10 Å². The van der Waals surface area contributed by atoms with Crippen LogP contribution < -0.4 is 0 Å². The van der Waals surface area contributed by atoms with Crippen molar-refractivity contribution in [2.45, 2.75) is 13.3 Å². The standard InChI is InChI=1S/C6H8BrN2/c1-3-6-5(7)4-8-9(6)2/h3H2,1-2H3. The number of hydrogen-bond acceptors (Lipinski definition) is 1. The first-order valence-corrected chi connectivity index (χ1v) is 3.64. The maximum atomic E-state index is 3.93. The molecule has 0 N–H and O–H groups in total. The lowest BCUT2D eigenvalue weighted by Crippen LogP contribution is -1.95. The predicted molar refractivity (Wildman–Crippen MR) is 39.1 cm³/mol. The Morgan fingerprint density at radius 1 is 1.78 bits per heavy atom. The van der Waals surface area contributed by atoms with Crippen molar-refractivity contribution < 1.29 is 0 Å². The van der Waals surface area contributed by atoms with Crippen LogP contribution in [-0.4, -0.2) is 9.78 Å². The van der Waals surface area contributed by atoms with Gasteiger partial charge >= 0.3 is 0 Å². The molecule has 49 valence electrons. The fraction of sp³-hybridized carbons (Fsp3) is 0.500. The maximum absolute atomic E-state index is 3.93. The molecule has 9 heavy (non-hydrogen) atoms. The fourth-order valence-corrected chi connectivity index (χ4v) is 1.39. The molecule has 0 unspecified atom stereocenters. The van der Waals surface area contributed by atoms with Gasteiger partial charge in [0.25, 0.3) is 0 Å². The van der Waals surface area contributed by atoms with Gasteiger partial charge in [-0.25, -0.2) is 0 Å². The van der Waals surface area contributed by atoms with Crippen LogP contribution in [0.3, 0.4) is 0 Å². The average molecular weight is 188 g/mol. The summed E-state index contributed by atoms with van der Waals surface area (Å²) in [7, 11) is 1.92. The van der Waals surface area contributed by atoms with Crippen LogP contribution in [0.1, 0.15) is 12.6 Å². The molecule has 3 heteroatoms. The molecular weight excluding hydrogens is 180 g/mol. The highest BCUT2D eigenvalue weighted by molar-refractivity contribution is 9.10. The van der Waals surface area contributed by atoms with Crippen LogP contribution in [0, 0.1) is 6.20 Å². The lowest BCUT2D eigenvalue weighted by molar-refractivity contribution is 0.715. The summed E-state index contributed by atoms with van der Waals surface area (Å²) in [6, 6.07) is 0. The molecule has 1 aromatic rings. The van der Waals surface area contributed by atoms with E-state index in [1.54, 1.807) is 0 Å². The topological polar surface area (TPSA) is 17.8 Å². The van der Waals surface area contributed by atoms with E-state index in [0.717, 1.165) is 10.9 Å². The van der Waals surface area contributed by atoms with Gasteiger partial charge in [-0.1, -0.05) is 6.92 Å². The van der Waals surface area contributed by atoms with Gasteiger partial charge in [-0.15, -0.1) is 0 Å². The monoisotopic (exact) mass is 187 g/mol. The molecule has 0 amide bonds. The molecule has 1 rings (SSSR count). The summed E-state index contributed by atoms with van der Waals surface area (Å²) in [4.78, 5) is 0. The Morgan fingerprint density at radius 2 is 2.44 bits per heavy atom. The van der Waals surface area contributed by atoms with Crippen LogP contribution in [0.15, 0.2) is 4.47 Å². The van der Waals surface area contributed by atoms with E-state index in [1.165, 1.54) is 5.69 Å². The second-order valence-electron chi connectivity index (χ2n) is 1.85. The third-order valence-electron chi connectivity index (χ3n) is 1.28. The Hall–Kier alpha value is -0.310. The molecule has 0 fully saturated rings. The molecule has 0 atom stereocenters. The third kappa shape index (κ3) is 1.15. The molecule has 0 aliphatic carbocycles. The first-order valence-electron chi connectivity index (χ1n) is 2.84. The number of nitrogens with zero attached hydrogens (tertiary/aromatic N) is 2. The van der Waals surface area contributed by atoms with E-state index in [-0.39, 0.29) is 0 Å². The molecule has 0 bridgehead atoms. The molecule has 0 spiro atoms. The van der Waals surface area contributed by atoms with Crippen LogP contribution in [-0.2, 0) is 13.5 Å². The minimum atomic E-state index is 0.979. The van der Waals surface area contributed by atoms with Gasteiger partial charge in [-0.05, 0) is 22.4 Å². The highest BCUT2D eigenvalue weighted by atomic mass is 79.9. The average Bonchev–Trinajstić information content (AvgIpc) is 2.12. The van der Waals surface area contributed by atoms with E-state index < -0.39 is 0 Å². The fourth-order valence-electron chi connectivity index (χ4n) is 0.770. The molecule has 1 radical (unpaired) electrons. The molecule has 0 aliphatic rings. The minimum Gasteiger partial charge on any atom is -0.271 e. The van der Waals surface area contributed by atoms with E-state index in [0.29, 0.717) is 0 Å². The van der Waals surface area contributed by atoms with Crippen molar-refractivity contribution in [2.24, 2.45) is 7.05 Å². The zero-order valence-electron chi connectivity index (χ0n) is 5.48. The molecule has 0 aromatic carbocycles.